The summed E-state index contributed by atoms with van der Waals surface area (Å²) in [4.78, 5) is 2.52. The highest BCUT2D eigenvalue weighted by Crippen LogP contribution is 2.58. The summed E-state index contributed by atoms with van der Waals surface area (Å²) in [5.41, 5.74) is 20.7. The first-order valence-electron chi connectivity index (χ1n) is 24.6. The number of rotatable bonds is 6. The average molecular weight is 908 g/mol. The Morgan fingerprint density at radius 2 is 0.944 bits per heavy atom. The van der Waals surface area contributed by atoms with Gasteiger partial charge in [0.15, 0.2) is 0 Å². The number of benzene rings is 11. The molecule has 71 heavy (non-hydrogen) atoms. The molecule has 0 saturated carbocycles. The number of hydrogen-bond acceptors (Lipinski definition) is 3. The molecule has 0 N–H and O–H groups in total. The van der Waals surface area contributed by atoms with Gasteiger partial charge in [0.2, 0.25) is 0 Å². The highest BCUT2D eigenvalue weighted by Gasteiger charge is 2.46. The Morgan fingerprint density at radius 3 is 1.70 bits per heavy atom. The fraction of sp³-hybridized carbons (Fsp3) is 0.0588. The first-order chi connectivity index (χ1) is 34.9. The molecule has 2 aliphatic carbocycles. The van der Waals surface area contributed by atoms with Crippen molar-refractivity contribution < 1.29 is 8.83 Å². The van der Waals surface area contributed by atoms with Crippen LogP contribution in [0.1, 0.15) is 47.2 Å². The van der Waals surface area contributed by atoms with E-state index in [0.29, 0.717) is 0 Å². The summed E-state index contributed by atoms with van der Waals surface area (Å²) >= 11 is 0. The van der Waals surface area contributed by atoms with Gasteiger partial charge in [-0.05, 0) is 133 Å². The molecule has 0 bridgehead atoms. The van der Waals surface area contributed by atoms with Crippen LogP contribution in [0.5, 0.6) is 0 Å². The monoisotopic (exact) mass is 907 g/mol. The van der Waals surface area contributed by atoms with Crippen molar-refractivity contribution in [1.82, 2.24) is 0 Å². The molecule has 2 aliphatic rings. The van der Waals surface area contributed by atoms with Crippen LogP contribution in [0, 0.1) is 0 Å². The van der Waals surface area contributed by atoms with Gasteiger partial charge in [-0.3, -0.25) is 0 Å². The molecule has 3 heteroatoms. The van der Waals surface area contributed by atoms with E-state index in [2.05, 4.69) is 243 Å². The maximum absolute atomic E-state index is 7.20. The average Bonchev–Trinajstić information content (AvgIpc) is 4.15. The second-order valence-corrected chi connectivity index (χ2v) is 19.9. The van der Waals surface area contributed by atoms with Gasteiger partial charge < -0.3 is 13.7 Å². The van der Waals surface area contributed by atoms with Crippen molar-refractivity contribution in [3.8, 4) is 33.4 Å². The fourth-order valence-corrected chi connectivity index (χ4v) is 12.7. The normalized spacial score (nSPS) is 14.0. The van der Waals surface area contributed by atoms with Crippen molar-refractivity contribution in [2.24, 2.45) is 0 Å². The van der Waals surface area contributed by atoms with E-state index in [1.165, 1.54) is 55.6 Å². The number of anilines is 3. The predicted molar refractivity (Wildman–Crippen MR) is 293 cm³/mol. The van der Waals surface area contributed by atoms with E-state index in [4.69, 9.17) is 8.83 Å². The zero-order chi connectivity index (χ0) is 47.0. The van der Waals surface area contributed by atoms with Gasteiger partial charge in [-0.2, -0.15) is 0 Å². The van der Waals surface area contributed by atoms with Gasteiger partial charge in [-0.1, -0.05) is 190 Å². The first kappa shape index (κ1) is 40.0. The van der Waals surface area contributed by atoms with Gasteiger partial charge in [-0.15, -0.1) is 0 Å². The second kappa shape index (κ2) is 14.8. The van der Waals surface area contributed by atoms with Crippen molar-refractivity contribution in [3.05, 3.63) is 270 Å². The summed E-state index contributed by atoms with van der Waals surface area (Å²) in [5, 5.41) is 6.56. The van der Waals surface area contributed by atoms with E-state index in [1.54, 1.807) is 0 Å². The summed E-state index contributed by atoms with van der Waals surface area (Å²) in [6, 6.07) is 87.1. The summed E-state index contributed by atoms with van der Waals surface area (Å²) in [6.45, 7) is 4.74. The number of fused-ring (bicyclic) bond motifs is 14. The lowest BCUT2D eigenvalue weighted by Gasteiger charge is -2.35. The molecule has 0 amide bonds. The third-order valence-electron chi connectivity index (χ3n) is 15.9. The molecule has 0 saturated heterocycles. The summed E-state index contributed by atoms with van der Waals surface area (Å²) in [6.07, 6.45) is 0. The highest BCUT2D eigenvalue weighted by molar-refractivity contribution is 6.20. The Kier molecular flexibility index (Phi) is 8.34. The molecule has 13 aromatic rings. The molecule has 0 fully saturated rings. The topological polar surface area (TPSA) is 29.5 Å². The van der Waals surface area contributed by atoms with Crippen molar-refractivity contribution in [2.45, 2.75) is 24.7 Å². The molecule has 0 aliphatic heterocycles. The SMILES string of the molecule is CC1(C)c2ccccc2-c2ccc(N(c3ccc4c(c3)C(c3ccccc3)(c3ccccc3)c3ccccc3-4)c3cc(-c4ccc5oc6ccccc6c5c4)cc4oc5c6ccccc6ccc5c34)cc21. The van der Waals surface area contributed by atoms with Crippen LogP contribution in [-0.2, 0) is 10.8 Å². The molecular formula is C68H45NO2. The van der Waals surface area contributed by atoms with Crippen molar-refractivity contribution in [3.63, 3.8) is 0 Å². The Hall–Kier alpha value is -8.92. The molecule has 0 spiro atoms. The van der Waals surface area contributed by atoms with Gasteiger partial charge in [-0.25, -0.2) is 0 Å². The van der Waals surface area contributed by atoms with Crippen LogP contribution in [0.2, 0.25) is 0 Å². The van der Waals surface area contributed by atoms with Gasteiger partial charge in [0, 0.05) is 38.3 Å². The third kappa shape index (κ3) is 5.60. The van der Waals surface area contributed by atoms with Crippen molar-refractivity contribution in [1.29, 1.82) is 0 Å². The molecule has 2 aromatic heterocycles. The lowest BCUT2D eigenvalue weighted by Crippen LogP contribution is -2.28. The Morgan fingerprint density at radius 1 is 0.352 bits per heavy atom. The van der Waals surface area contributed by atoms with E-state index in [1.807, 2.05) is 12.1 Å². The van der Waals surface area contributed by atoms with Crippen LogP contribution in [0.4, 0.5) is 17.1 Å². The molecule has 0 unspecified atom stereocenters. The fourth-order valence-electron chi connectivity index (χ4n) is 12.7. The summed E-state index contributed by atoms with van der Waals surface area (Å²) < 4.78 is 13.6. The van der Waals surface area contributed by atoms with Gasteiger partial charge >= 0.3 is 0 Å². The molecule has 15 rings (SSSR count). The van der Waals surface area contributed by atoms with E-state index >= 15 is 0 Å². The lowest BCUT2D eigenvalue weighted by atomic mass is 9.67. The Labute approximate surface area is 411 Å². The minimum Gasteiger partial charge on any atom is -0.456 e. The molecular weight excluding hydrogens is 863 g/mol. The van der Waals surface area contributed by atoms with E-state index < -0.39 is 5.41 Å². The van der Waals surface area contributed by atoms with Gasteiger partial charge in [0.05, 0.1) is 16.5 Å². The number of furan rings is 2. The minimum absolute atomic E-state index is 0.218. The lowest BCUT2D eigenvalue weighted by molar-refractivity contribution is 0.660. The van der Waals surface area contributed by atoms with Crippen LogP contribution in [-0.4, -0.2) is 0 Å². The Balaban J connectivity index is 1.06. The van der Waals surface area contributed by atoms with Gasteiger partial charge in [0.25, 0.3) is 0 Å². The van der Waals surface area contributed by atoms with Crippen LogP contribution >= 0.6 is 0 Å². The quantitative estimate of drug-likeness (QED) is 0.166. The molecule has 0 atom stereocenters. The van der Waals surface area contributed by atoms with Crippen LogP contribution in [0.3, 0.4) is 0 Å². The van der Waals surface area contributed by atoms with E-state index in [0.717, 1.165) is 82.8 Å². The van der Waals surface area contributed by atoms with Crippen LogP contribution in [0.15, 0.2) is 245 Å². The number of nitrogens with zero attached hydrogens (tertiary/aromatic N) is 1. The first-order valence-corrected chi connectivity index (χ1v) is 24.6. The molecule has 11 aromatic carbocycles. The number of hydrogen-bond donors (Lipinski definition) is 0. The maximum Gasteiger partial charge on any atom is 0.143 e. The zero-order valence-electron chi connectivity index (χ0n) is 39.3. The van der Waals surface area contributed by atoms with Crippen molar-refractivity contribution >= 4 is 71.7 Å². The zero-order valence-corrected chi connectivity index (χ0v) is 39.3. The van der Waals surface area contributed by atoms with Crippen molar-refractivity contribution in [2.75, 3.05) is 4.90 Å². The predicted octanol–water partition coefficient (Wildman–Crippen LogP) is 18.4. The largest absolute Gasteiger partial charge is 0.456 e. The molecule has 0 radical (unpaired) electrons. The molecule has 3 nitrogen and oxygen atoms in total. The van der Waals surface area contributed by atoms with Gasteiger partial charge in [0.1, 0.15) is 22.3 Å². The summed E-state index contributed by atoms with van der Waals surface area (Å²) in [5.74, 6) is 0. The second-order valence-electron chi connectivity index (χ2n) is 19.9. The Bertz CT molecular complexity index is 4290. The minimum atomic E-state index is -0.584. The molecule has 334 valence electrons. The van der Waals surface area contributed by atoms with E-state index in [9.17, 15) is 0 Å². The number of para-hydroxylation sites is 1. The summed E-state index contributed by atoms with van der Waals surface area (Å²) in [7, 11) is 0. The standard InChI is InChI=1S/C68H45NO2/c1-67(2)57-26-14-11-23-50(57)52-34-31-47(40-59(52)67)69(48-32-35-53-51-24-12-15-27-58(51)68(60(53)41-48,45-18-5-3-6-19-45)46-20-7-4-8-21-46)61-38-44(43-30-36-63-56(37-43)54-25-13-16-28-62(54)70-63)39-64-65(61)55-33-29-42-17-9-10-22-49(42)66(55)71-64/h3-41H,1-2H3. The van der Waals surface area contributed by atoms with Crippen LogP contribution in [0.25, 0.3) is 88.0 Å². The van der Waals surface area contributed by atoms with E-state index in [-0.39, 0.29) is 5.41 Å². The third-order valence-corrected chi connectivity index (χ3v) is 15.9. The maximum atomic E-state index is 7.20. The smallest absolute Gasteiger partial charge is 0.143 e. The molecule has 2 heterocycles. The highest BCUT2D eigenvalue weighted by atomic mass is 16.3. The van der Waals surface area contributed by atoms with Crippen LogP contribution < -0.4 is 4.90 Å².